The molecular weight excluding hydrogens is 626 g/mol. The van der Waals surface area contributed by atoms with Crippen LogP contribution in [0.4, 0.5) is 0 Å². The third-order valence-corrected chi connectivity index (χ3v) is 9.43. The molecule has 1 heterocycles. The van der Waals surface area contributed by atoms with Crippen molar-refractivity contribution < 1.29 is 44.9 Å². The molecule has 0 aromatic heterocycles. The van der Waals surface area contributed by atoms with Gasteiger partial charge in [-0.15, -0.1) is 0 Å². The van der Waals surface area contributed by atoms with Crippen molar-refractivity contribution in [2.75, 3.05) is 13.2 Å². The highest BCUT2D eigenvalue weighted by Crippen LogP contribution is 2.23. The lowest BCUT2D eigenvalue weighted by Crippen LogP contribution is -2.60. The summed E-state index contributed by atoms with van der Waals surface area (Å²) in [6.45, 7) is 3.58. The molecular formula is C39H73NO9. The first kappa shape index (κ1) is 45.7. The van der Waals surface area contributed by atoms with Crippen molar-refractivity contribution >= 4 is 5.91 Å². The van der Waals surface area contributed by atoms with Crippen LogP contribution in [0.3, 0.4) is 0 Å². The zero-order valence-electron chi connectivity index (χ0n) is 30.8. The van der Waals surface area contributed by atoms with Gasteiger partial charge in [-0.3, -0.25) is 4.79 Å². The number of carbonyl (C=O) groups is 1. The van der Waals surface area contributed by atoms with Crippen molar-refractivity contribution in [2.24, 2.45) is 0 Å². The minimum Gasteiger partial charge on any atom is -0.394 e. The van der Waals surface area contributed by atoms with E-state index in [1.165, 1.54) is 89.9 Å². The van der Waals surface area contributed by atoms with E-state index in [4.69, 9.17) is 9.47 Å². The normalized spacial score (nSPS) is 23.3. The van der Waals surface area contributed by atoms with Crippen LogP contribution >= 0.6 is 0 Å². The largest absolute Gasteiger partial charge is 0.394 e. The number of hydrogen-bond donors (Lipinski definition) is 7. The molecule has 8 atom stereocenters. The molecule has 49 heavy (non-hydrogen) atoms. The molecule has 1 amide bonds. The minimum absolute atomic E-state index is 0.117. The molecule has 1 saturated heterocycles. The van der Waals surface area contributed by atoms with E-state index < -0.39 is 61.5 Å². The fourth-order valence-corrected chi connectivity index (χ4v) is 6.09. The summed E-state index contributed by atoms with van der Waals surface area (Å²) in [5.74, 6) is -0.653. The smallest absolute Gasteiger partial charge is 0.249 e. The molecule has 7 N–H and O–H groups in total. The summed E-state index contributed by atoms with van der Waals surface area (Å²) in [5.41, 5.74) is 0. The Bertz CT molecular complexity index is 839. The lowest BCUT2D eigenvalue weighted by molar-refractivity contribution is -0.302. The summed E-state index contributed by atoms with van der Waals surface area (Å²) >= 11 is 0. The van der Waals surface area contributed by atoms with Gasteiger partial charge in [0.05, 0.1) is 25.4 Å². The molecule has 0 aromatic carbocycles. The summed E-state index contributed by atoms with van der Waals surface area (Å²) in [6, 6.07) is -0.920. The van der Waals surface area contributed by atoms with Crippen LogP contribution in [0, 0.1) is 0 Å². The third kappa shape index (κ3) is 21.6. The molecule has 0 saturated carbocycles. The third-order valence-electron chi connectivity index (χ3n) is 9.43. The van der Waals surface area contributed by atoms with Gasteiger partial charge in [0.2, 0.25) is 5.91 Å². The zero-order valence-corrected chi connectivity index (χ0v) is 30.8. The highest BCUT2D eigenvalue weighted by Gasteiger charge is 2.44. The lowest BCUT2D eigenvalue weighted by atomic mass is 9.99. The van der Waals surface area contributed by atoms with Gasteiger partial charge in [-0.1, -0.05) is 147 Å². The summed E-state index contributed by atoms with van der Waals surface area (Å²) in [6.07, 6.45) is 22.5. The second-order valence-electron chi connectivity index (χ2n) is 13.9. The van der Waals surface area contributed by atoms with Crippen molar-refractivity contribution in [3.63, 3.8) is 0 Å². The van der Waals surface area contributed by atoms with Gasteiger partial charge >= 0.3 is 0 Å². The first-order chi connectivity index (χ1) is 23.8. The van der Waals surface area contributed by atoms with Crippen LogP contribution in [0.15, 0.2) is 24.3 Å². The summed E-state index contributed by atoms with van der Waals surface area (Å²) in [5, 5.41) is 64.3. The number of carbonyl (C=O) groups excluding carboxylic acids is 1. The highest BCUT2D eigenvalue weighted by molar-refractivity contribution is 5.81. The molecule has 8 unspecified atom stereocenters. The Morgan fingerprint density at radius 3 is 1.82 bits per heavy atom. The molecule has 0 bridgehead atoms. The Morgan fingerprint density at radius 1 is 0.714 bits per heavy atom. The molecule has 0 spiro atoms. The quantitative estimate of drug-likeness (QED) is 0.0352. The number of hydrogen-bond acceptors (Lipinski definition) is 9. The van der Waals surface area contributed by atoms with E-state index >= 15 is 0 Å². The average molecular weight is 700 g/mol. The van der Waals surface area contributed by atoms with Crippen molar-refractivity contribution in [2.45, 2.75) is 204 Å². The van der Waals surface area contributed by atoms with E-state index in [0.29, 0.717) is 6.42 Å². The number of unbranched alkanes of at least 4 members (excludes halogenated alkanes) is 17. The maximum absolute atomic E-state index is 12.9. The van der Waals surface area contributed by atoms with Crippen LogP contribution < -0.4 is 5.32 Å². The number of allylic oxidation sites excluding steroid dienone is 3. The van der Waals surface area contributed by atoms with Crippen LogP contribution in [0.2, 0.25) is 0 Å². The molecule has 0 aliphatic carbocycles. The van der Waals surface area contributed by atoms with Gasteiger partial charge in [-0.05, 0) is 25.7 Å². The molecule has 288 valence electrons. The maximum Gasteiger partial charge on any atom is 0.249 e. The van der Waals surface area contributed by atoms with Crippen LogP contribution in [-0.4, -0.2) is 98.7 Å². The van der Waals surface area contributed by atoms with Crippen LogP contribution in [0.25, 0.3) is 0 Å². The fraction of sp³-hybridized carbons (Fsp3) is 0.872. The Balaban J connectivity index is 2.54. The van der Waals surface area contributed by atoms with Gasteiger partial charge in [0.25, 0.3) is 0 Å². The highest BCUT2D eigenvalue weighted by atomic mass is 16.7. The predicted octanol–water partition coefficient (Wildman–Crippen LogP) is 5.74. The van der Waals surface area contributed by atoms with E-state index in [1.54, 1.807) is 6.08 Å². The number of rotatable bonds is 31. The molecule has 10 nitrogen and oxygen atoms in total. The van der Waals surface area contributed by atoms with Crippen LogP contribution in [0.5, 0.6) is 0 Å². The van der Waals surface area contributed by atoms with E-state index in [9.17, 15) is 35.4 Å². The second kappa shape index (κ2) is 30.3. The molecule has 0 aromatic rings. The number of aliphatic hydroxyl groups is 6. The first-order valence-electron chi connectivity index (χ1n) is 19.6. The minimum atomic E-state index is -1.60. The lowest BCUT2D eigenvalue weighted by Gasteiger charge is -2.40. The van der Waals surface area contributed by atoms with E-state index in [2.05, 4.69) is 31.3 Å². The standard InChI is InChI=1S/C39H73NO9/c1-3-5-7-9-11-13-15-17-19-21-23-25-27-32(42)31(30-48-39-37(46)36(45)35(44)34(29-41)49-39)40-38(47)33(43)28-26-24-22-20-18-16-14-12-10-8-6-4-2/h18,20,24,26,31-37,39,41-46H,3-17,19,21-23,25,27-30H2,1-2H3,(H,40,47)/b20-18-,26-24-. The molecule has 1 fully saturated rings. The SMILES string of the molecule is CCCCCCCC/C=C\C/C=C\CC(O)C(=O)NC(COC1OC(CO)C(O)C(O)C1O)C(O)CCCCCCCCCCCCCC. The van der Waals surface area contributed by atoms with Crippen molar-refractivity contribution in [3.8, 4) is 0 Å². The maximum atomic E-state index is 12.9. The average Bonchev–Trinajstić information content (AvgIpc) is 3.10. The van der Waals surface area contributed by atoms with Gasteiger partial charge in [-0.25, -0.2) is 0 Å². The summed E-state index contributed by atoms with van der Waals surface area (Å²) < 4.78 is 11.1. The van der Waals surface area contributed by atoms with Gasteiger partial charge in [0.15, 0.2) is 6.29 Å². The Hall–Kier alpha value is -1.37. The Labute approximate surface area is 297 Å². The first-order valence-corrected chi connectivity index (χ1v) is 19.6. The van der Waals surface area contributed by atoms with Gasteiger partial charge < -0.3 is 45.4 Å². The molecule has 10 heteroatoms. The topological polar surface area (TPSA) is 169 Å². The number of amides is 1. The fourth-order valence-electron chi connectivity index (χ4n) is 6.09. The summed E-state index contributed by atoms with van der Waals surface area (Å²) in [7, 11) is 0. The van der Waals surface area contributed by atoms with E-state index in [1.807, 2.05) is 6.08 Å². The Morgan fingerprint density at radius 2 is 1.24 bits per heavy atom. The molecule has 0 radical (unpaired) electrons. The Kier molecular flexibility index (Phi) is 28.2. The van der Waals surface area contributed by atoms with Crippen LogP contribution in [0.1, 0.15) is 155 Å². The second-order valence-corrected chi connectivity index (χ2v) is 13.9. The van der Waals surface area contributed by atoms with Gasteiger partial charge in [0, 0.05) is 6.42 Å². The monoisotopic (exact) mass is 700 g/mol. The van der Waals surface area contributed by atoms with E-state index in [-0.39, 0.29) is 13.0 Å². The molecule has 1 aliphatic heterocycles. The van der Waals surface area contributed by atoms with Gasteiger partial charge in [0.1, 0.15) is 30.5 Å². The predicted molar refractivity (Wildman–Crippen MR) is 195 cm³/mol. The number of nitrogens with one attached hydrogen (secondary N) is 1. The van der Waals surface area contributed by atoms with Crippen molar-refractivity contribution in [3.05, 3.63) is 24.3 Å². The molecule has 1 rings (SSSR count). The van der Waals surface area contributed by atoms with Crippen LogP contribution in [-0.2, 0) is 14.3 Å². The number of aliphatic hydroxyl groups excluding tert-OH is 6. The van der Waals surface area contributed by atoms with Crippen molar-refractivity contribution in [1.82, 2.24) is 5.32 Å². The van der Waals surface area contributed by atoms with Crippen molar-refractivity contribution in [1.29, 1.82) is 0 Å². The zero-order chi connectivity index (χ0) is 36.1. The number of ether oxygens (including phenoxy) is 2. The molecule has 1 aliphatic rings. The van der Waals surface area contributed by atoms with Gasteiger partial charge in [-0.2, -0.15) is 0 Å². The van der Waals surface area contributed by atoms with E-state index in [0.717, 1.165) is 38.5 Å². The summed E-state index contributed by atoms with van der Waals surface area (Å²) in [4.78, 5) is 12.9.